The first-order valence-electron chi connectivity index (χ1n) is 6.57. The molecule has 1 aliphatic rings. The van der Waals surface area contributed by atoms with E-state index in [2.05, 4.69) is 20.9 Å². The summed E-state index contributed by atoms with van der Waals surface area (Å²) in [6, 6.07) is 7.72. The first kappa shape index (κ1) is 12.2. The van der Waals surface area contributed by atoms with E-state index in [4.69, 9.17) is 0 Å². The van der Waals surface area contributed by atoms with Gasteiger partial charge in [0.25, 0.3) is 0 Å². The van der Waals surface area contributed by atoms with E-state index >= 15 is 0 Å². The van der Waals surface area contributed by atoms with Crippen LogP contribution in [0.1, 0.15) is 30.1 Å². The molecule has 0 saturated carbocycles. The molecule has 2 aromatic rings. The highest BCUT2D eigenvalue weighted by Crippen LogP contribution is 2.32. The molecule has 1 atom stereocenters. The van der Waals surface area contributed by atoms with Crippen LogP contribution >= 0.6 is 0 Å². The van der Waals surface area contributed by atoms with Gasteiger partial charge in [0, 0.05) is 25.0 Å². The molecular weight excluding hydrogens is 241 g/mol. The number of aromatic nitrogens is 2. The molecule has 4 heteroatoms. The van der Waals surface area contributed by atoms with Crippen LogP contribution in [0.4, 0.5) is 4.39 Å². The average molecular weight is 257 g/mol. The van der Waals surface area contributed by atoms with Gasteiger partial charge in [-0.05, 0) is 43.1 Å². The van der Waals surface area contributed by atoms with Crippen LogP contribution in [0.5, 0.6) is 0 Å². The molecule has 1 aliphatic heterocycles. The fourth-order valence-corrected chi connectivity index (χ4v) is 2.67. The van der Waals surface area contributed by atoms with Crippen molar-refractivity contribution in [2.24, 2.45) is 0 Å². The third-order valence-corrected chi connectivity index (χ3v) is 3.59. The summed E-state index contributed by atoms with van der Waals surface area (Å²) < 4.78 is 12.9. The normalized spacial score (nSPS) is 19.7. The summed E-state index contributed by atoms with van der Waals surface area (Å²) in [6.07, 6.45) is 7.34. The Morgan fingerprint density at radius 2 is 2.21 bits per heavy atom. The molecule has 3 rings (SSSR count). The second-order valence-corrected chi connectivity index (χ2v) is 4.88. The Morgan fingerprint density at radius 3 is 2.95 bits per heavy atom. The fraction of sp³-hybridized carbons (Fsp3) is 0.333. The average Bonchev–Trinajstić information content (AvgIpc) is 2.90. The standard InChI is InChI=1S/C15H16FN3/c16-13-5-6-14(18-10-13)11-19-8-2-4-15(19)12-3-1-7-17-9-12/h1,3,5-7,9-10,15H,2,4,8,11H2. The number of pyridine rings is 2. The van der Waals surface area contributed by atoms with Crippen molar-refractivity contribution in [3.05, 3.63) is 59.9 Å². The molecule has 0 spiro atoms. The third-order valence-electron chi connectivity index (χ3n) is 3.59. The van der Waals surface area contributed by atoms with Crippen LogP contribution < -0.4 is 0 Å². The quantitative estimate of drug-likeness (QED) is 0.846. The van der Waals surface area contributed by atoms with E-state index in [1.807, 2.05) is 12.3 Å². The SMILES string of the molecule is Fc1ccc(CN2CCCC2c2cccnc2)nc1. The molecule has 0 N–H and O–H groups in total. The molecular formula is C15H16FN3. The van der Waals surface area contributed by atoms with Gasteiger partial charge in [0.15, 0.2) is 0 Å². The molecule has 3 nitrogen and oxygen atoms in total. The molecule has 0 amide bonds. The molecule has 3 heterocycles. The maximum Gasteiger partial charge on any atom is 0.141 e. The minimum atomic E-state index is -0.283. The molecule has 0 radical (unpaired) electrons. The molecule has 0 aromatic carbocycles. The van der Waals surface area contributed by atoms with Crippen LogP contribution in [0, 0.1) is 5.82 Å². The Kier molecular flexibility index (Phi) is 3.51. The van der Waals surface area contributed by atoms with E-state index < -0.39 is 0 Å². The van der Waals surface area contributed by atoms with Gasteiger partial charge in [-0.25, -0.2) is 4.39 Å². The van der Waals surface area contributed by atoms with Crippen molar-refractivity contribution in [3.63, 3.8) is 0 Å². The summed E-state index contributed by atoms with van der Waals surface area (Å²) >= 11 is 0. The lowest BCUT2D eigenvalue weighted by Crippen LogP contribution is -2.23. The molecule has 0 bridgehead atoms. The topological polar surface area (TPSA) is 29.0 Å². The van der Waals surface area contributed by atoms with Gasteiger partial charge < -0.3 is 0 Å². The number of hydrogen-bond donors (Lipinski definition) is 0. The van der Waals surface area contributed by atoms with Gasteiger partial charge in [-0.1, -0.05) is 6.07 Å². The lowest BCUT2D eigenvalue weighted by atomic mass is 10.1. The summed E-state index contributed by atoms with van der Waals surface area (Å²) in [5.41, 5.74) is 2.17. The highest BCUT2D eigenvalue weighted by molar-refractivity contribution is 5.16. The van der Waals surface area contributed by atoms with Crippen LogP contribution in [0.3, 0.4) is 0 Å². The van der Waals surface area contributed by atoms with Crippen molar-refractivity contribution in [1.82, 2.24) is 14.9 Å². The van der Waals surface area contributed by atoms with Gasteiger partial charge in [-0.15, -0.1) is 0 Å². The van der Waals surface area contributed by atoms with E-state index in [0.717, 1.165) is 25.2 Å². The number of likely N-dealkylation sites (tertiary alicyclic amines) is 1. The van der Waals surface area contributed by atoms with Gasteiger partial charge in [0.2, 0.25) is 0 Å². The predicted molar refractivity (Wildman–Crippen MR) is 70.8 cm³/mol. The van der Waals surface area contributed by atoms with Gasteiger partial charge in [-0.2, -0.15) is 0 Å². The monoisotopic (exact) mass is 257 g/mol. The van der Waals surface area contributed by atoms with Gasteiger partial charge in [0.05, 0.1) is 11.9 Å². The zero-order chi connectivity index (χ0) is 13.1. The van der Waals surface area contributed by atoms with Crippen LogP contribution in [0.15, 0.2) is 42.9 Å². The van der Waals surface area contributed by atoms with Crippen molar-refractivity contribution in [2.75, 3.05) is 6.54 Å². The van der Waals surface area contributed by atoms with Crippen LogP contribution in [-0.2, 0) is 6.54 Å². The zero-order valence-electron chi connectivity index (χ0n) is 10.7. The summed E-state index contributed by atoms with van der Waals surface area (Å²) in [6.45, 7) is 1.82. The van der Waals surface area contributed by atoms with Crippen molar-refractivity contribution in [2.45, 2.75) is 25.4 Å². The fourth-order valence-electron chi connectivity index (χ4n) is 2.67. The Balaban J connectivity index is 1.75. The zero-order valence-corrected chi connectivity index (χ0v) is 10.7. The number of hydrogen-bond acceptors (Lipinski definition) is 3. The summed E-state index contributed by atoms with van der Waals surface area (Å²) in [5.74, 6) is -0.283. The first-order valence-corrected chi connectivity index (χ1v) is 6.57. The van der Waals surface area contributed by atoms with Crippen LogP contribution in [-0.4, -0.2) is 21.4 Å². The number of nitrogens with zero attached hydrogens (tertiary/aromatic N) is 3. The van der Waals surface area contributed by atoms with Crippen LogP contribution in [0.25, 0.3) is 0 Å². The highest BCUT2D eigenvalue weighted by atomic mass is 19.1. The molecule has 1 unspecified atom stereocenters. The highest BCUT2D eigenvalue weighted by Gasteiger charge is 2.26. The lowest BCUT2D eigenvalue weighted by Gasteiger charge is -2.24. The Hall–Kier alpha value is -1.81. The second-order valence-electron chi connectivity index (χ2n) is 4.88. The van der Waals surface area contributed by atoms with Crippen molar-refractivity contribution in [3.8, 4) is 0 Å². The van der Waals surface area contributed by atoms with E-state index in [0.29, 0.717) is 6.04 Å². The third kappa shape index (κ3) is 2.79. The maximum atomic E-state index is 12.9. The molecule has 0 aliphatic carbocycles. The van der Waals surface area contributed by atoms with Crippen molar-refractivity contribution in [1.29, 1.82) is 0 Å². The molecule has 2 aromatic heterocycles. The maximum absolute atomic E-state index is 12.9. The first-order chi connectivity index (χ1) is 9.33. The smallest absolute Gasteiger partial charge is 0.141 e. The minimum Gasteiger partial charge on any atom is -0.290 e. The van der Waals surface area contributed by atoms with E-state index in [1.54, 1.807) is 12.3 Å². The van der Waals surface area contributed by atoms with Crippen molar-refractivity contribution < 1.29 is 4.39 Å². The van der Waals surface area contributed by atoms with E-state index in [-0.39, 0.29) is 5.82 Å². The van der Waals surface area contributed by atoms with Gasteiger partial charge >= 0.3 is 0 Å². The summed E-state index contributed by atoms with van der Waals surface area (Å²) in [7, 11) is 0. The van der Waals surface area contributed by atoms with Crippen LogP contribution in [0.2, 0.25) is 0 Å². The molecule has 19 heavy (non-hydrogen) atoms. The van der Waals surface area contributed by atoms with Crippen molar-refractivity contribution >= 4 is 0 Å². The Morgan fingerprint density at radius 1 is 1.26 bits per heavy atom. The van der Waals surface area contributed by atoms with E-state index in [9.17, 15) is 4.39 Å². The second kappa shape index (κ2) is 5.45. The number of rotatable bonds is 3. The van der Waals surface area contributed by atoms with E-state index in [1.165, 1.54) is 24.2 Å². The van der Waals surface area contributed by atoms with Gasteiger partial charge in [-0.3, -0.25) is 14.9 Å². The summed E-state index contributed by atoms with van der Waals surface area (Å²) in [5, 5.41) is 0. The largest absolute Gasteiger partial charge is 0.290 e. The minimum absolute atomic E-state index is 0.283. The Labute approximate surface area is 112 Å². The predicted octanol–water partition coefficient (Wildman–Crippen LogP) is 2.95. The van der Waals surface area contributed by atoms with Gasteiger partial charge in [0.1, 0.15) is 5.82 Å². The molecule has 98 valence electrons. The summed E-state index contributed by atoms with van der Waals surface area (Å²) in [4.78, 5) is 10.7. The molecule has 1 fully saturated rings. The number of halogens is 1. The lowest BCUT2D eigenvalue weighted by molar-refractivity contribution is 0.245. The molecule has 1 saturated heterocycles. The Bertz CT molecular complexity index is 527.